The number of para-hydroxylation sites is 1. The lowest BCUT2D eigenvalue weighted by molar-refractivity contribution is 0.363. The van der Waals surface area contributed by atoms with Gasteiger partial charge >= 0.3 is 0 Å². The molecule has 3 aromatic rings. The van der Waals surface area contributed by atoms with Crippen molar-refractivity contribution in [2.45, 2.75) is 38.4 Å². The number of ether oxygens (including phenoxy) is 1. The van der Waals surface area contributed by atoms with Gasteiger partial charge in [0.15, 0.2) is 0 Å². The molecule has 0 amide bonds. The minimum absolute atomic E-state index is 0.530. The zero-order chi connectivity index (χ0) is 19.0. The second kappa shape index (κ2) is 7.42. The first-order valence-electron chi connectivity index (χ1n) is 9.66. The molecule has 27 heavy (non-hydrogen) atoms. The molecule has 0 N–H and O–H groups in total. The first-order valence-corrected chi connectivity index (χ1v) is 13.9. The Morgan fingerprint density at radius 2 is 1.67 bits per heavy atom. The normalized spacial score (nSPS) is 13.4. The van der Waals surface area contributed by atoms with Crippen LogP contribution in [0.2, 0.25) is 12.1 Å². The molecule has 1 aromatic carbocycles. The van der Waals surface area contributed by atoms with Crippen LogP contribution in [-0.4, -0.2) is 14.7 Å². The molecule has 0 fully saturated rings. The average molecular weight is 411 g/mol. The van der Waals surface area contributed by atoms with Gasteiger partial charge in [-0.05, 0) is 51.7 Å². The van der Waals surface area contributed by atoms with Gasteiger partial charge in [0, 0.05) is 15.3 Å². The highest BCUT2D eigenvalue weighted by atomic mass is 32.1. The Bertz CT molecular complexity index is 924. The van der Waals surface area contributed by atoms with E-state index in [0.717, 1.165) is 5.75 Å². The fourth-order valence-electron chi connectivity index (χ4n) is 4.80. The fraction of sp³-hybridized carbons (Fsp3) is 0.304. The maximum atomic E-state index is 6.25. The Morgan fingerprint density at radius 1 is 1.04 bits per heavy atom. The zero-order valence-corrected chi connectivity index (χ0v) is 18.9. The predicted octanol–water partition coefficient (Wildman–Crippen LogP) is 6.73. The standard InChI is InChI=1S/C23H26OS2Si/c1-5-13-24-20-16(4)9-8-10-19(20)27(6-2,7-3)23-17-11-14-25-21(17)22-18(23)12-15-26-22/h5,8-12,14-15,23H,1,6-7,13H2,2-4H3. The van der Waals surface area contributed by atoms with E-state index < -0.39 is 8.07 Å². The van der Waals surface area contributed by atoms with E-state index >= 15 is 0 Å². The molecule has 2 heterocycles. The second-order valence-corrected chi connectivity index (χ2v) is 13.9. The van der Waals surface area contributed by atoms with Gasteiger partial charge < -0.3 is 4.74 Å². The predicted molar refractivity (Wildman–Crippen MR) is 123 cm³/mol. The average Bonchev–Trinajstić information content (AvgIpc) is 3.38. The van der Waals surface area contributed by atoms with Gasteiger partial charge in [-0.3, -0.25) is 0 Å². The molecule has 4 rings (SSSR count). The molecular formula is C23H26OS2Si. The zero-order valence-electron chi connectivity index (χ0n) is 16.2. The molecule has 0 radical (unpaired) electrons. The molecule has 0 unspecified atom stereocenters. The molecule has 1 aliphatic rings. The number of benzene rings is 1. The van der Waals surface area contributed by atoms with Crippen molar-refractivity contribution in [2.24, 2.45) is 0 Å². The van der Waals surface area contributed by atoms with Crippen LogP contribution in [0, 0.1) is 6.92 Å². The smallest absolute Gasteiger partial charge is 0.121 e. The van der Waals surface area contributed by atoms with Crippen LogP contribution in [0.4, 0.5) is 0 Å². The third kappa shape index (κ3) is 2.77. The number of rotatable bonds is 7. The Balaban J connectivity index is 1.95. The molecule has 0 aliphatic heterocycles. The molecule has 0 bridgehead atoms. The summed E-state index contributed by atoms with van der Waals surface area (Å²) >= 11 is 3.81. The van der Waals surface area contributed by atoms with E-state index in [9.17, 15) is 0 Å². The van der Waals surface area contributed by atoms with Crippen LogP contribution in [0.1, 0.15) is 36.1 Å². The Hall–Kier alpha value is -1.62. The highest BCUT2D eigenvalue weighted by Gasteiger charge is 2.48. The minimum atomic E-state index is -1.89. The van der Waals surface area contributed by atoms with Crippen molar-refractivity contribution in [1.29, 1.82) is 0 Å². The van der Waals surface area contributed by atoms with Gasteiger partial charge in [0.1, 0.15) is 20.4 Å². The minimum Gasteiger partial charge on any atom is -0.489 e. The maximum Gasteiger partial charge on any atom is 0.121 e. The van der Waals surface area contributed by atoms with Gasteiger partial charge in [-0.2, -0.15) is 0 Å². The van der Waals surface area contributed by atoms with Gasteiger partial charge in [-0.25, -0.2) is 0 Å². The Labute approximate surface area is 171 Å². The van der Waals surface area contributed by atoms with Crippen LogP contribution in [0.5, 0.6) is 5.75 Å². The molecule has 0 saturated heterocycles. The molecule has 140 valence electrons. The third-order valence-corrected chi connectivity index (χ3v) is 13.9. The summed E-state index contributed by atoms with van der Waals surface area (Å²) in [4.78, 5) is 3.01. The number of hydrogen-bond acceptors (Lipinski definition) is 3. The Morgan fingerprint density at radius 3 is 2.22 bits per heavy atom. The van der Waals surface area contributed by atoms with E-state index in [0.29, 0.717) is 12.1 Å². The van der Waals surface area contributed by atoms with Gasteiger partial charge in [-0.15, -0.1) is 22.7 Å². The van der Waals surface area contributed by atoms with Crippen LogP contribution in [-0.2, 0) is 0 Å². The van der Waals surface area contributed by atoms with Crippen molar-refractivity contribution in [3.63, 3.8) is 0 Å². The largest absolute Gasteiger partial charge is 0.489 e. The summed E-state index contributed by atoms with van der Waals surface area (Å²) in [6.45, 7) is 11.4. The molecule has 0 saturated carbocycles. The monoisotopic (exact) mass is 410 g/mol. The summed E-state index contributed by atoms with van der Waals surface area (Å²) in [7, 11) is -1.89. The molecular weight excluding hydrogens is 384 g/mol. The van der Waals surface area contributed by atoms with E-state index in [1.807, 2.05) is 28.7 Å². The number of fused-ring (bicyclic) bond motifs is 3. The summed E-state index contributed by atoms with van der Waals surface area (Å²) in [6.07, 6.45) is 1.85. The highest BCUT2D eigenvalue weighted by molar-refractivity contribution is 7.21. The number of thiophene rings is 2. The van der Waals surface area contributed by atoms with Crippen molar-refractivity contribution < 1.29 is 4.74 Å². The summed E-state index contributed by atoms with van der Waals surface area (Å²) < 4.78 is 6.25. The van der Waals surface area contributed by atoms with Crippen LogP contribution < -0.4 is 9.92 Å². The first-order chi connectivity index (χ1) is 13.2. The van der Waals surface area contributed by atoms with Crippen LogP contribution in [0.25, 0.3) is 9.75 Å². The summed E-state index contributed by atoms with van der Waals surface area (Å²) in [5.74, 6) is 1.10. The second-order valence-electron chi connectivity index (χ2n) is 7.26. The lowest BCUT2D eigenvalue weighted by atomic mass is 10.2. The quantitative estimate of drug-likeness (QED) is 0.310. The highest BCUT2D eigenvalue weighted by Crippen LogP contribution is 2.55. The maximum absolute atomic E-state index is 6.25. The van der Waals surface area contributed by atoms with Crippen LogP contribution >= 0.6 is 22.7 Å². The van der Waals surface area contributed by atoms with Crippen LogP contribution in [0.15, 0.2) is 53.7 Å². The van der Waals surface area contributed by atoms with Gasteiger partial charge in [0.2, 0.25) is 0 Å². The van der Waals surface area contributed by atoms with Crippen molar-refractivity contribution in [1.82, 2.24) is 0 Å². The van der Waals surface area contributed by atoms with Gasteiger partial charge in [0.05, 0.1) is 0 Å². The fourth-order valence-corrected chi connectivity index (χ4v) is 12.3. The SMILES string of the molecule is C=CCOc1c(C)cccc1[Si](CC)(CC)C1c2ccsc2-c2sccc21. The van der Waals surface area contributed by atoms with E-state index in [2.05, 4.69) is 68.4 Å². The lowest BCUT2D eigenvalue weighted by Crippen LogP contribution is -2.52. The van der Waals surface area contributed by atoms with Crippen molar-refractivity contribution in [3.05, 3.63) is 70.4 Å². The van der Waals surface area contributed by atoms with E-state index in [1.54, 1.807) is 11.1 Å². The molecule has 1 aliphatic carbocycles. The van der Waals surface area contributed by atoms with E-state index in [4.69, 9.17) is 4.74 Å². The molecule has 0 spiro atoms. The van der Waals surface area contributed by atoms with Gasteiger partial charge in [-0.1, -0.05) is 56.8 Å². The Kier molecular flexibility index (Phi) is 5.15. The summed E-state index contributed by atoms with van der Waals surface area (Å²) in [6, 6.07) is 13.9. The van der Waals surface area contributed by atoms with Crippen molar-refractivity contribution >= 4 is 35.9 Å². The lowest BCUT2D eigenvalue weighted by Gasteiger charge is -2.38. The van der Waals surface area contributed by atoms with Crippen molar-refractivity contribution in [2.75, 3.05) is 6.61 Å². The van der Waals surface area contributed by atoms with E-state index in [1.165, 1.54) is 32.6 Å². The summed E-state index contributed by atoms with van der Waals surface area (Å²) in [5.41, 5.74) is 4.90. The number of hydrogen-bond donors (Lipinski definition) is 0. The van der Waals surface area contributed by atoms with Gasteiger partial charge in [0.25, 0.3) is 0 Å². The van der Waals surface area contributed by atoms with Crippen LogP contribution in [0.3, 0.4) is 0 Å². The van der Waals surface area contributed by atoms with Crippen molar-refractivity contribution in [3.8, 4) is 15.5 Å². The third-order valence-electron chi connectivity index (χ3n) is 6.13. The summed E-state index contributed by atoms with van der Waals surface area (Å²) in [5, 5.41) is 6.03. The molecule has 2 aromatic heterocycles. The molecule has 4 heteroatoms. The van der Waals surface area contributed by atoms with E-state index in [-0.39, 0.29) is 0 Å². The first kappa shape index (κ1) is 18.7. The molecule has 1 nitrogen and oxygen atoms in total. The molecule has 0 atom stereocenters. The topological polar surface area (TPSA) is 9.23 Å². The number of aryl methyl sites for hydroxylation is 1.